The zero-order valence-electron chi connectivity index (χ0n) is 16.6. The molecule has 0 radical (unpaired) electrons. The summed E-state index contributed by atoms with van der Waals surface area (Å²) in [6.07, 6.45) is 0. The van der Waals surface area contributed by atoms with E-state index in [2.05, 4.69) is 14.6 Å². The van der Waals surface area contributed by atoms with Crippen LogP contribution >= 0.6 is 0 Å². The third kappa shape index (κ3) is 3.04. The van der Waals surface area contributed by atoms with E-state index in [4.69, 9.17) is 0 Å². The van der Waals surface area contributed by atoms with Gasteiger partial charge in [0.15, 0.2) is 11.7 Å². The highest BCUT2D eigenvalue weighted by Crippen LogP contribution is 2.30. The van der Waals surface area contributed by atoms with Gasteiger partial charge >= 0.3 is 0 Å². The predicted octanol–water partition coefficient (Wildman–Crippen LogP) is 1.13. The molecule has 0 bridgehead atoms. The Morgan fingerprint density at radius 3 is 2.57 bits per heavy atom. The minimum atomic E-state index is -3.63. The fraction of sp³-hybridized carbons (Fsp3) is 0.300. The lowest BCUT2D eigenvalue weighted by molar-refractivity contribution is 0.161. The lowest BCUT2D eigenvalue weighted by Gasteiger charge is -2.40. The minimum Gasteiger partial charge on any atom is -0.355 e. The topological polar surface area (TPSA) is 102 Å². The van der Waals surface area contributed by atoms with Crippen molar-refractivity contribution in [2.75, 3.05) is 13.1 Å². The van der Waals surface area contributed by atoms with Crippen LogP contribution in [0.2, 0.25) is 0 Å². The van der Waals surface area contributed by atoms with Crippen LogP contribution in [0.15, 0.2) is 56.6 Å². The Balaban J connectivity index is 1.34. The van der Waals surface area contributed by atoms with E-state index in [0.717, 1.165) is 11.4 Å². The van der Waals surface area contributed by atoms with Gasteiger partial charge < -0.3 is 4.90 Å². The Labute approximate surface area is 173 Å². The van der Waals surface area contributed by atoms with Gasteiger partial charge in [-0.3, -0.25) is 4.79 Å². The summed E-state index contributed by atoms with van der Waals surface area (Å²) in [7, 11) is -3.63. The van der Waals surface area contributed by atoms with Crippen molar-refractivity contribution in [2.45, 2.75) is 25.3 Å². The molecule has 10 heteroatoms. The molecule has 9 nitrogen and oxygen atoms in total. The molecule has 4 heterocycles. The van der Waals surface area contributed by atoms with E-state index in [1.165, 1.54) is 10.7 Å². The number of sulfonamides is 1. The minimum absolute atomic E-state index is 0.170. The van der Waals surface area contributed by atoms with E-state index in [0.29, 0.717) is 36.9 Å². The highest BCUT2D eigenvalue weighted by molar-refractivity contribution is 7.90. The monoisotopic (exact) mass is 424 g/mol. The van der Waals surface area contributed by atoms with Crippen molar-refractivity contribution in [3.05, 3.63) is 69.8 Å². The van der Waals surface area contributed by atoms with Crippen LogP contribution in [-0.4, -0.2) is 51.8 Å². The van der Waals surface area contributed by atoms with Gasteiger partial charge in [0, 0.05) is 36.3 Å². The van der Waals surface area contributed by atoms with Crippen molar-refractivity contribution >= 4 is 15.9 Å². The number of benzene rings is 1. The molecular weight excluding hydrogens is 404 g/mol. The number of amidine groups is 1. The maximum atomic E-state index is 12.3. The van der Waals surface area contributed by atoms with Crippen LogP contribution < -0.4 is 5.56 Å². The van der Waals surface area contributed by atoms with Crippen LogP contribution in [0.25, 0.3) is 5.82 Å². The lowest BCUT2D eigenvalue weighted by atomic mass is 9.98. The van der Waals surface area contributed by atoms with E-state index in [1.807, 2.05) is 24.8 Å². The molecular formula is C20H20N6O3S. The first-order chi connectivity index (χ1) is 14.3. The van der Waals surface area contributed by atoms with Crippen molar-refractivity contribution < 1.29 is 8.42 Å². The van der Waals surface area contributed by atoms with Crippen molar-refractivity contribution in [3.8, 4) is 5.82 Å². The SMILES string of the molecule is Cc1cc(C)n(-c2ccc(=O)n(CC3CN(C4=NS(=O)(=O)c5ccccc54)C3)n2)n1. The molecule has 0 atom stereocenters. The first kappa shape index (κ1) is 18.7. The molecule has 1 fully saturated rings. The lowest BCUT2D eigenvalue weighted by Crippen LogP contribution is -2.52. The molecule has 1 saturated heterocycles. The smallest absolute Gasteiger partial charge is 0.285 e. The van der Waals surface area contributed by atoms with Crippen LogP contribution in [-0.2, 0) is 16.6 Å². The normalized spacial score (nSPS) is 17.5. The zero-order valence-corrected chi connectivity index (χ0v) is 17.4. The second kappa shape index (κ2) is 6.63. The summed E-state index contributed by atoms with van der Waals surface area (Å²) in [5.41, 5.74) is 2.29. The van der Waals surface area contributed by atoms with Crippen molar-refractivity contribution in [3.63, 3.8) is 0 Å². The first-order valence-corrected chi connectivity index (χ1v) is 11.1. The summed E-state index contributed by atoms with van der Waals surface area (Å²) in [6.45, 7) is 5.52. The van der Waals surface area contributed by atoms with Gasteiger partial charge in [0.05, 0.1) is 12.2 Å². The average molecular weight is 424 g/mol. The molecule has 2 aromatic heterocycles. The molecule has 0 unspecified atom stereocenters. The fourth-order valence-corrected chi connectivity index (χ4v) is 5.19. The van der Waals surface area contributed by atoms with Gasteiger partial charge in [-0.2, -0.15) is 13.5 Å². The number of fused-ring (bicyclic) bond motifs is 1. The van der Waals surface area contributed by atoms with Crippen molar-refractivity contribution in [2.24, 2.45) is 10.3 Å². The molecule has 0 N–H and O–H groups in total. The molecule has 0 spiro atoms. The maximum Gasteiger partial charge on any atom is 0.285 e. The Hall–Kier alpha value is -3.27. The zero-order chi connectivity index (χ0) is 21.0. The maximum absolute atomic E-state index is 12.3. The average Bonchev–Trinajstić information content (AvgIpc) is 3.15. The van der Waals surface area contributed by atoms with Gasteiger partial charge in [-0.15, -0.1) is 9.50 Å². The van der Waals surface area contributed by atoms with E-state index in [-0.39, 0.29) is 16.4 Å². The largest absolute Gasteiger partial charge is 0.355 e. The van der Waals surface area contributed by atoms with Crippen LogP contribution in [0.1, 0.15) is 17.0 Å². The molecule has 5 rings (SSSR count). The predicted molar refractivity (Wildman–Crippen MR) is 110 cm³/mol. The summed E-state index contributed by atoms with van der Waals surface area (Å²) in [5, 5.41) is 8.90. The number of hydrogen-bond acceptors (Lipinski definition) is 6. The van der Waals surface area contributed by atoms with Crippen LogP contribution in [0.5, 0.6) is 0 Å². The third-order valence-electron chi connectivity index (χ3n) is 5.38. The fourth-order valence-electron chi connectivity index (χ4n) is 3.96. The van der Waals surface area contributed by atoms with Crippen LogP contribution in [0.3, 0.4) is 0 Å². The van der Waals surface area contributed by atoms with E-state index < -0.39 is 10.0 Å². The summed E-state index contributed by atoms with van der Waals surface area (Å²) in [4.78, 5) is 14.5. The summed E-state index contributed by atoms with van der Waals surface area (Å²) >= 11 is 0. The van der Waals surface area contributed by atoms with Crippen molar-refractivity contribution in [1.29, 1.82) is 0 Å². The quantitative estimate of drug-likeness (QED) is 0.625. The number of aromatic nitrogens is 4. The molecule has 1 aromatic carbocycles. The van der Waals surface area contributed by atoms with Gasteiger partial charge in [0.2, 0.25) is 0 Å². The van der Waals surface area contributed by atoms with Crippen LogP contribution in [0.4, 0.5) is 0 Å². The third-order valence-corrected chi connectivity index (χ3v) is 6.70. The molecule has 2 aliphatic rings. The standard InChI is InChI=1S/C20H20N6O3S/c1-13-9-14(2)26(21-13)18-7-8-19(27)25(22-18)12-15-10-24(11-15)20-16-5-3-4-6-17(16)30(28,29)23-20/h3-9,15H,10-12H2,1-2H3. The van der Waals surface area contributed by atoms with Gasteiger partial charge in [0.25, 0.3) is 15.6 Å². The number of nitrogens with zero attached hydrogens (tertiary/aromatic N) is 6. The van der Waals surface area contributed by atoms with Crippen LogP contribution in [0, 0.1) is 19.8 Å². The first-order valence-electron chi connectivity index (χ1n) is 9.63. The molecule has 0 aliphatic carbocycles. The molecule has 0 saturated carbocycles. The summed E-state index contributed by atoms with van der Waals surface area (Å²) < 4.78 is 31.6. The van der Waals surface area contributed by atoms with E-state index >= 15 is 0 Å². The summed E-state index contributed by atoms with van der Waals surface area (Å²) in [5.74, 6) is 1.25. The molecule has 3 aromatic rings. The Bertz CT molecular complexity index is 1350. The number of rotatable bonds is 3. The number of likely N-dealkylation sites (tertiary alicyclic amines) is 1. The summed E-state index contributed by atoms with van der Waals surface area (Å²) in [6, 6.07) is 12.0. The highest BCUT2D eigenvalue weighted by Gasteiger charge is 2.37. The second-order valence-corrected chi connectivity index (χ2v) is 9.28. The number of hydrogen-bond donors (Lipinski definition) is 0. The molecule has 0 amide bonds. The Morgan fingerprint density at radius 2 is 1.83 bits per heavy atom. The van der Waals surface area contributed by atoms with Crippen molar-refractivity contribution in [1.82, 2.24) is 24.5 Å². The van der Waals surface area contributed by atoms with Gasteiger partial charge in [-0.05, 0) is 38.1 Å². The van der Waals surface area contributed by atoms with Gasteiger partial charge in [0.1, 0.15) is 4.90 Å². The second-order valence-electron chi connectivity index (χ2n) is 7.71. The Morgan fingerprint density at radius 1 is 1.07 bits per heavy atom. The number of aryl methyl sites for hydroxylation is 2. The van der Waals surface area contributed by atoms with Gasteiger partial charge in [-0.1, -0.05) is 12.1 Å². The van der Waals surface area contributed by atoms with Gasteiger partial charge in [-0.25, -0.2) is 9.36 Å². The molecule has 2 aliphatic heterocycles. The molecule has 30 heavy (non-hydrogen) atoms. The Kier molecular flexibility index (Phi) is 4.14. The highest BCUT2D eigenvalue weighted by atomic mass is 32.2. The van der Waals surface area contributed by atoms with E-state index in [1.54, 1.807) is 35.0 Å². The molecule has 154 valence electrons. The van der Waals surface area contributed by atoms with E-state index in [9.17, 15) is 13.2 Å².